The molecular formula is C18H18N2O3. The van der Waals surface area contributed by atoms with Crippen LogP contribution in [0.4, 0.5) is 0 Å². The van der Waals surface area contributed by atoms with Crippen LogP contribution in [0.1, 0.15) is 47.4 Å². The second-order valence-electron chi connectivity index (χ2n) is 5.96. The molecule has 118 valence electrons. The Morgan fingerprint density at radius 1 is 1.09 bits per heavy atom. The summed E-state index contributed by atoms with van der Waals surface area (Å²) in [4.78, 5) is 42.3. The summed E-state index contributed by atoms with van der Waals surface area (Å²) in [6.45, 7) is 3.91. The Balaban J connectivity index is 1.79. The van der Waals surface area contributed by atoms with Crippen LogP contribution in [-0.4, -0.2) is 34.9 Å². The number of allylic oxidation sites excluding steroid dienone is 1. The second kappa shape index (κ2) is 5.57. The predicted octanol–water partition coefficient (Wildman–Crippen LogP) is 2.63. The molecule has 1 aromatic carbocycles. The van der Waals surface area contributed by atoms with Crippen LogP contribution in [-0.2, 0) is 4.79 Å². The van der Waals surface area contributed by atoms with Crippen LogP contribution in [0.15, 0.2) is 41.4 Å². The number of benzene rings is 1. The standard InChI is InChI=1S/C18H18N2O3/c1-3-18(9-8-12(2)19-17(18)23)10-11-20-15(21)13-6-4-5-7-14(13)16(20)22/h4-9H,3,10-11H2,1-2H3. The van der Waals surface area contributed by atoms with Crippen LogP contribution in [0.5, 0.6) is 0 Å². The Labute approximate surface area is 134 Å². The predicted molar refractivity (Wildman–Crippen MR) is 86.4 cm³/mol. The van der Waals surface area contributed by atoms with E-state index in [1.165, 1.54) is 4.90 Å². The van der Waals surface area contributed by atoms with Crippen molar-refractivity contribution in [1.29, 1.82) is 0 Å². The van der Waals surface area contributed by atoms with Gasteiger partial charge in [0.15, 0.2) is 0 Å². The van der Waals surface area contributed by atoms with Crippen molar-refractivity contribution in [3.05, 3.63) is 47.5 Å². The largest absolute Gasteiger partial charge is 0.274 e. The van der Waals surface area contributed by atoms with Crippen molar-refractivity contribution in [2.24, 2.45) is 10.4 Å². The Kier molecular flexibility index (Phi) is 3.72. The molecule has 5 nitrogen and oxygen atoms in total. The Hall–Kier alpha value is -2.56. The third-order valence-electron chi connectivity index (χ3n) is 4.64. The van der Waals surface area contributed by atoms with Gasteiger partial charge in [-0.1, -0.05) is 25.1 Å². The summed E-state index contributed by atoms with van der Waals surface area (Å²) in [6, 6.07) is 6.80. The molecule has 0 spiro atoms. The molecule has 0 fully saturated rings. The number of imide groups is 1. The quantitative estimate of drug-likeness (QED) is 0.803. The highest BCUT2D eigenvalue weighted by molar-refractivity contribution is 6.21. The number of hydrogen-bond acceptors (Lipinski definition) is 3. The van der Waals surface area contributed by atoms with E-state index >= 15 is 0 Å². The zero-order valence-corrected chi connectivity index (χ0v) is 13.2. The summed E-state index contributed by atoms with van der Waals surface area (Å²) in [5.74, 6) is -0.774. The summed E-state index contributed by atoms with van der Waals surface area (Å²) < 4.78 is 0. The highest BCUT2D eigenvalue weighted by atomic mass is 16.2. The summed E-state index contributed by atoms with van der Waals surface area (Å²) in [5.41, 5.74) is 0.819. The molecule has 2 aliphatic rings. The molecule has 2 aliphatic heterocycles. The van der Waals surface area contributed by atoms with Gasteiger partial charge in [0.05, 0.1) is 16.5 Å². The van der Waals surface area contributed by atoms with E-state index in [4.69, 9.17) is 0 Å². The van der Waals surface area contributed by atoms with Gasteiger partial charge in [0.25, 0.3) is 17.7 Å². The molecule has 0 radical (unpaired) electrons. The van der Waals surface area contributed by atoms with Crippen molar-refractivity contribution >= 4 is 23.4 Å². The van der Waals surface area contributed by atoms with Crippen LogP contribution in [0.3, 0.4) is 0 Å². The fraction of sp³-hybridized carbons (Fsp3) is 0.333. The Bertz CT molecular complexity index is 728. The van der Waals surface area contributed by atoms with E-state index < -0.39 is 5.41 Å². The maximum absolute atomic E-state index is 12.4. The normalized spacial score (nSPS) is 23.3. The molecule has 0 N–H and O–H groups in total. The van der Waals surface area contributed by atoms with Crippen molar-refractivity contribution in [1.82, 2.24) is 4.90 Å². The molecule has 5 heteroatoms. The van der Waals surface area contributed by atoms with Gasteiger partial charge >= 0.3 is 0 Å². The Morgan fingerprint density at radius 3 is 2.22 bits per heavy atom. The molecule has 0 saturated carbocycles. The number of carbonyl (C=O) groups excluding carboxylic acids is 3. The molecule has 2 heterocycles. The number of aliphatic imine (C=N–C) groups is 1. The minimum absolute atomic E-state index is 0.198. The van der Waals surface area contributed by atoms with Gasteiger partial charge < -0.3 is 0 Å². The second-order valence-corrected chi connectivity index (χ2v) is 5.96. The number of nitrogens with zero attached hydrogens (tertiary/aromatic N) is 2. The lowest BCUT2D eigenvalue weighted by molar-refractivity contribution is -0.125. The molecule has 1 aromatic rings. The monoisotopic (exact) mass is 310 g/mol. The molecular weight excluding hydrogens is 292 g/mol. The zero-order valence-electron chi connectivity index (χ0n) is 13.2. The van der Waals surface area contributed by atoms with Crippen LogP contribution in [0, 0.1) is 5.41 Å². The molecule has 0 bridgehead atoms. The van der Waals surface area contributed by atoms with E-state index in [1.807, 2.05) is 19.1 Å². The molecule has 23 heavy (non-hydrogen) atoms. The fourth-order valence-electron chi connectivity index (χ4n) is 3.05. The zero-order chi connectivity index (χ0) is 16.6. The van der Waals surface area contributed by atoms with E-state index in [0.29, 0.717) is 29.7 Å². The number of amides is 3. The molecule has 3 amide bonds. The van der Waals surface area contributed by atoms with E-state index in [1.54, 1.807) is 31.2 Å². The van der Waals surface area contributed by atoms with Crippen molar-refractivity contribution in [3.63, 3.8) is 0 Å². The lowest BCUT2D eigenvalue weighted by atomic mass is 9.79. The SMILES string of the molecule is CCC1(CCN2C(=O)c3ccccc3C2=O)C=CC(C)=NC1=O. The highest BCUT2D eigenvalue weighted by Gasteiger charge is 2.40. The lowest BCUT2D eigenvalue weighted by Crippen LogP contribution is -2.38. The fourth-order valence-corrected chi connectivity index (χ4v) is 3.05. The Morgan fingerprint density at radius 2 is 1.70 bits per heavy atom. The number of hydrogen-bond donors (Lipinski definition) is 0. The van der Waals surface area contributed by atoms with Gasteiger partial charge in [-0.05, 0) is 38.0 Å². The van der Waals surface area contributed by atoms with Crippen LogP contribution in [0.2, 0.25) is 0 Å². The minimum Gasteiger partial charge on any atom is -0.274 e. The summed E-state index contributed by atoms with van der Waals surface area (Å²) >= 11 is 0. The lowest BCUT2D eigenvalue weighted by Gasteiger charge is -2.29. The average molecular weight is 310 g/mol. The number of fused-ring (bicyclic) bond motifs is 1. The van der Waals surface area contributed by atoms with Gasteiger partial charge in [-0.3, -0.25) is 19.3 Å². The van der Waals surface area contributed by atoms with Crippen molar-refractivity contribution < 1.29 is 14.4 Å². The first-order chi connectivity index (χ1) is 11.0. The van der Waals surface area contributed by atoms with Crippen molar-refractivity contribution in [2.45, 2.75) is 26.7 Å². The molecule has 0 aliphatic carbocycles. The minimum atomic E-state index is -0.727. The van der Waals surface area contributed by atoms with E-state index in [-0.39, 0.29) is 24.3 Å². The molecule has 1 unspecified atom stereocenters. The van der Waals surface area contributed by atoms with E-state index in [0.717, 1.165) is 0 Å². The molecule has 1 atom stereocenters. The summed E-state index contributed by atoms with van der Waals surface area (Å²) in [6.07, 6.45) is 4.66. The first-order valence-corrected chi connectivity index (χ1v) is 7.73. The van der Waals surface area contributed by atoms with Crippen molar-refractivity contribution in [2.75, 3.05) is 6.54 Å². The van der Waals surface area contributed by atoms with Gasteiger partial charge in [-0.25, -0.2) is 4.99 Å². The molecule has 0 aromatic heterocycles. The van der Waals surface area contributed by atoms with Gasteiger partial charge in [0, 0.05) is 12.3 Å². The smallest absolute Gasteiger partial charge is 0.261 e. The number of rotatable bonds is 4. The third kappa shape index (κ3) is 2.42. The highest BCUT2D eigenvalue weighted by Crippen LogP contribution is 2.34. The number of dihydropyridines is 1. The first-order valence-electron chi connectivity index (χ1n) is 7.73. The van der Waals surface area contributed by atoms with E-state index in [9.17, 15) is 14.4 Å². The number of carbonyl (C=O) groups is 3. The average Bonchev–Trinajstić information content (AvgIpc) is 2.79. The van der Waals surface area contributed by atoms with E-state index in [2.05, 4.69) is 4.99 Å². The molecule has 0 saturated heterocycles. The topological polar surface area (TPSA) is 66.8 Å². The summed E-state index contributed by atoms with van der Waals surface area (Å²) in [7, 11) is 0. The maximum Gasteiger partial charge on any atom is 0.261 e. The van der Waals surface area contributed by atoms with Gasteiger partial charge in [-0.2, -0.15) is 0 Å². The summed E-state index contributed by atoms with van der Waals surface area (Å²) in [5, 5.41) is 0. The van der Waals surface area contributed by atoms with Crippen LogP contribution >= 0.6 is 0 Å². The van der Waals surface area contributed by atoms with Crippen LogP contribution in [0.25, 0.3) is 0 Å². The van der Waals surface area contributed by atoms with Gasteiger partial charge in [-0.15, -0.1) is 0 Å². The maximum atomic E-state index is 12.4. The first kappa shape index (κ1) is 15.3. The molecule has 3 rings (SSSR count). The van der Waals surface area contributed by atoms with Gasteiger partial charge in [0.2, 0.25) is 0 Å². The van der Waals surface area contributed by atoms with Crippen molar-refractivity contribution in [3.8, 4) is 0 Å². The van der Waals surface area contributed by atoms with Gasteiger partial charge in [0.1, 0.15) is 0 Å². The third-order valence-corrected chi connectivity index (χ3v) is 4.64. The van der Waals surface area contributed by atoms with Crippen LogP contribution < -0.4 is 0 Å².